The third kappa shape index (κ3) is 4.83. The molecule has 0 aliphatic rings. The first-order valence-electron chi connectivity index (χ1n) is 7.85. The summed E-state index contributed by atoms with van der Waals surface area (Å²) >= 11 is 6.18. The van der Waals surface area contributed by atoms with Gasteiger partial charge in [0.1, 0.15) is 11.6 Å². The highest BCUT2D eigenvalue weighted by molar-refractivity contribution is 6.33. The van der Waals surface area contributed by atoms with Crippen LogP contribution < -0.4 is 16.0 Å². The average molecular weight is 375 g/mol. The monoisotopic (exact) mass is 374 g/mol. The molecule has 7 heteroatoms. The normalized spacial score (nSPS) is 11.0. The Kier molecular flexibility index (Phi) is 6.36. The number of aromatic nitrogens is 1. The maximum Gasteiger partial charge on any atom is 0.253 e. The molecule has 1 amide bonds. The smallest absolute Gasteiger partial charge is 0.253 e. The van der Waals surface area contributed by atoms with E-state index in [1.165, 1.54) is 31.4 Å². The predicted molar refractivity (Wildman–Crippen MR) is 105 cm³/mol. The number of para-hydroxylation sites is 1. The molecule has 136 valence electrons. The van der Waals surface area contributed by atoms with Crippen molar-refractivity contribution in [2.75, 3.05) is 17.7 Å². The molecule has 0 fully saturated rings. The lowest BCUT2D eigenvalue weighted by molar-refractivity contribution is 0.0963. The van der Waals surface area contributed by atoms with Crippen LogP contribution in [0.3, 0.4) is 0 Å². The number of nitrogens with zero attached hydrogens (tertiary/aromatic N) is 1. The van der Waals surface area contributed by atoms with Crippen LogP contribution in [0.2, 0.25) is 5.02 Å². The zero-order valence-corrected chi connectivity index (χ0v) is 15.5. The molecular weight excluding hydrogens is 355 g/mol. The minimum atomic E-state index is -0.563. The van der Waals surface area contributed by atoms with Gasteiger partial charge in [0.2, 0.25) is 0 Å². The van der Waals surface area contributed by atoms with Gasteiger partial charge in [0.25, 0.3) is 5.91 Å². The molecule has 0 aliphatic carbocycles. The highest BCUT2D eigenvalue weighted by atomic mass is 35.5. The molecule has 1 aromatic carbocycles. The molecule has 26 heavy (non-hydrogen) atoms. The van der Waals surface area contributed by atoms with Crippen LogP contribution in [0.25, 0.3) is 0 Å². The molecule has 1 heterocycles. The van der Waals surface area contributed by atoms with Gasteiger partial charge < -0.3 is 16.0 Å². The zero-order chi connectivity index (χ0) is 19.3. The summed E-state index contributed by atoms with van der Waals surface area (Å²) in [5.74, 6) is -0.452. The Morgan fingerprint density at radius 2 is 2.08 bits per heavy atom. The van der Waals surface area contributed by atoms with E-state index in [9.17, 15) is 9.18 Å². The second-order valence-corrected chi connectivity index (χ2v) is 6.12. The van der Waals surface area contributed by atoms with Crippen LogP contribution in [0.4, 0.5) is 21.6 Å². The molecule has 0 atom stereocenters. The number of hydrogen-bond acceptors (Lipinski definition) is 4. The summed E-state index contributed by atoms with van der Waals surface area (Å²) < 4.78 is 14.3. The van der Waals surface area contributed by atoms with Gasteiger partial charge in [0.15, 0.2) is 0 Å². The topological polar surface area (TPSA) is 66.0 Å². The van der Waals surface area contributed by atoms with Gasteiger partial charge in [-0.25, -0.2) is 9.37 Å². The maximum atomic E-state index is 14.3. The lowest BCUT2D eigenvalue weighted by atomic mass is 10.1. The minimum absolute atomic E-state index is 0.0418. The van der Waals surface area contributed by atoms with E-state index in [1.54, 1.807) is 6.07 Å². The van der Waals surface area contributed by atoms with E-state index in [4.69, 9.17) is 11.6 Å². The summed E-state index contributed by atoms with van der Waals surface area (Å²) in [4.78, 5) is 16.2. The highest BCUT2D eigenvalue weighted by Gasteiger charge is 2.16. The van der Waals surface area contributed by atoms with Gasteiger partial charge in [-0.2, -0.15) is 0 Å². The van der Waals surface area contributed by atoms with Crippen molar-refractivity contribution >= 4 is 34.7 Å². The van der Waals surface area contributed by atoms with Crippen LogP contribution in [-0.2, 0) is 0 Å². The second-order valence-electron chi connectivity index (χ2n) is 5.71. The van der Waals surface area contributed by atoms with E-state index in [0.717, 1.165) is 11.3 Å². The Morgan fingerprint density at radius 1 is 1.35 bits per heavy atom. The number of carbonyl (C=O) groups excluding carboxylic acids is 1. The van der Waals surface area contributed by atoms with E-state index in [-0.39, 0.29) is 11.3 Å². The number of anilines is 3. The Hall–Kier alpha value is -2.86. The molecule has 1 aromatic heterocycles. The first-order valence-corrected chi connectivity index (χ1v) is 8.23. The van der Waals surface area contributed by atoms with E-state index in [1.807, 2.05) is 19.9 Å². The summed E-state index contributed by atoms with van der Waals surface area (Å²) in [7, 11) is 1.48. The number of rotatable bonds is 6. The number of hydrogen-bond donors (Lipinski definition) is 3. The fraction of sp³-hybridized carbons (Fsp3) is 0.158. The maximum absolute atomic E-state index is 14.3. The quantitative estimate of drug-likeness (QED) is 0.631. The van der Waals surface area contributed by atoms with Crippen molar-refractivity contribution in [3.63, 3.8) is 0 Å². The molecule has 0 saturated carbocycles. The largest absolute Gasteiger partial charge is 0.355 e. The number of amides is 1. The fourth-order valence-corrected chi connectivity index (χ4v) is 2.47. The van der Waals surface area contributed by atoms with Crippen LogP contribution in [0.5, 0.6) is 0 Å². The van der Waals surface area contributed by atoms with E-state index in [2.05, 4.69) is 27.5 Å². The molecule has 2 rings (SSSR count). The first kappa shape index (κ1) is 19.5. The first-order chi connectivity index (χ1) is 12.3. The van der Waals surface area contributed by atoms with Crippen LogP contribution in [-0.4, -0.2) is 17.9 Å². The molecule has 5 nitrogen and oxygen atoms in total. The third-order valence-corrected chi connectivity index (χ3v) is 3.69. The second kappa shape index (κ2) is 8.49. The van der Waals surface area contributed by atoms with Crippen molar-refractivity contribution in [1.29, 1.82) is 0 Å². The summed E-state index contributed by atoms with van der Waals surface area (Å²) in [6, 6.07) is 5.90. The Balaban J connectivity index is 2.38. The van der Waals surface area contributed by atoms with E-state index < -0.39 is 11.7 Å². The van der Waals surface area contributed by atoms with Gasteiger partial charge in [0, 0.05) is 18.8 Å². The molecule has 0 bridgehead atoms. The predicted octanol–water partition coefficient (Wildman–Crippen LogP) is 4.87. The summed E-state index contributed by atoms with van der Waals surface area (Å²) in [6.45, 7) is 7.57. The molecule has 3 N–H and O–H groups in total. The Morgan fingerprint density at radius 3 is 2.73 bits per heavy atom. The minimum Gasteiger partial charge on any atom is -0.355 e. The molecule has 0 saturated heterocycles. The summed E-state index contributed by atoms with van der Waals surface area (Å²) in [5.41, 5.74) is 2.37. The summed E-state index contributed by atoms with van der Waals surface area (Å²) in [6.07, 6.45) is 3.31. The van der Waals surface area contributed by atoms with Crippen molar-refractivity contribution in [2.45, 2.75) is 13.8 Å². The van der Waals surface area contributed by atoms with Gasteiger partial charge in [-0.15, -0.1) is 0 Å². The van der Waals surface area contributed by atoms with Gasteiger partial charge in [-0.3, -0.25) is 4.79 Å². The standard InChI is InChI=1S/C19H20ClFN4O/c1-11(2)8-12(3)24-17-9-16(14(20)10-23-17)25-18-13(19(26)22-4)6-5-7-15(18)21/h5-10H,1H2,2-4H3,(H,22,26)(H2,23,24,25)/b12-8+. The fourth-order valence-electron chi connectivity index (χ4n) is 2.32. The van der Waals surface area contributed by atoms with Crippen molar-refractivity contribution in [2.24, 2.45) is 0 Å². The number of benzene rings is 1. The van der Waals surface area contributed by atoms with Crippen molar-refractivity contribution in [3.8, 4) is 0 Å². The number of carbonyl (C=O) groups is 1. The average Bonchev–Trinajstić information content (AvgIpc) is 2.58. The van der Waals surface area contributed by atoms with Crippen LogP contribution in [0.15, 0.2) is 54.4 Å². The van der Waals surface area contributed by atoms with Crippen LogP contribution in [0.1, 0.15) is 24.2 Å². The van der Waals surface area contributed by atoms with Gasteiger partial charge in [-0.05, 0) is 32.1 Å². The van der Waals surface area contributed by atoms with Crippen molar-refractivity contribution < 1.29 is 9.18 Å². The Labute approximate surface area is 157 Å². The number of allylic oxidation sites excluding steroid dienone is 3. The number of nitrogens with one attached hydrogen (secondary N) is 3. The molecule has 0 aliphatic heterocycles. The van der Waals surface area contributed by atoms with Gasteiger partial charge in [-0.1, -0.05) is 29.8 Å². The van der Waals surface area contributed by atoms with Crippen LogP contribution >= 0.6 is 11.6 Å². The third-order valence-electron chi connectivity index (χ3n) is 3.39. The number of halogens is 2. The van der Waals surface area contributed by atoms with Crippen molar-refractivity contribution in [3.05, 3.63) is 70.8 Å². The zero-order valence-electron chi connectivity index (χ0n) is 14.8. The van der Waals surface area contributed by atoms with Crippen LogP contribution in [0, 0.1) is 5.82 Å². The lowest BCUT2D eigenvalue weighted by Gasteiger charge is -2.15. The number of pyridine rings is 1. The summed E-state index contributed by atoms with van der Waals surface area (Å²) in [5, 5.41) is 8.78. The van der Waals surface area contributed by atoms with E-state index >= 15 is 0 Å². The van der Waals surface area contributed by atoms with E-state index in [0.29, 0.717) is 16.5 Å². The highest BCUT2D eigenvalue weighted by Crippen LogP contribution is 2.30. The van der Waals surface area contributed by atoms with Crippen molar-refractivity contribution in [1.82, 2.24) is 10.3 Å². The molecule has 2 aromatic rings. The molecular formula is C19H20ClFN4O. The molecule has 0 radical (unpaired) electrons. The Bertz CT molecular complexity index is 880. The SMILES string of the molecule is C=C(C)/C=C(\C)Nc1cc(Nc2c(F)cccc2C(=O)NC)c(Cl)cn1. The molecule has 0 spiro atoms. The molecule has 0 unspecified atom stereocenters. The van der Waals surface area contributed by atoms with Gasteiger partial charge in [0.05, 0.1) is 28.2 Å². The van der Waals surface area contributed by atoms with Gasteiger partial charge >= 0.3 is 0 Å². The lowest BCUT2D eigenvalue weighted by Crippen LogP contribution is -2.19.